The minimum Gasteiger partial charge on any atom is -0.508 e. The van der Waals surface area contributed by atoms with Gasteiger partial charge in [0.05, 0.1) is 42.5 Å². The lowest BCUT2D eigenvalue weighted by Crippen LogP contribution is -2.72. The van der Waals surface area contributed by atoms with Gasteiger partial charge in [-0.05, 0) is 19.9 Å². The molecule has 3 aliphatic heterocycles. The molecule has 7 rings (SSSR count). The number of aliphatic hydroxyl groups is 3. The van der Waals surface area contributed by atoms with Crippen LogP contribution in [0.4, 0.5) is 0 Å². The zero-order valence-electron chi connectivity index (χ0n) is 21.2. The summed E-state index contributed by atoms with van der Waals surface area (Å²) in [5.41, 5.74) is -7.33. The van der Waals surface area contributed by atoms with E-state index in [0.29, 0.717) is 0 Å². The monoisotopic (exact) mass is 552 g/mol. The Balaban J connectivity index is 1.61. The van der Waals surface area contributed by atoms with Crippen molar-refractivity contribution in [1.29, 1.82) is 0 Å². The quantitative estimate of drug-likeness (QED) is 0.260. The molecule has 1 fully saturated rings. The summed E-state index contributed by atoms with van der Waals surface area (Å²) in [6, 6.07) is 2.93. The van der Waals surface area contributed by atoms with Gasteiger partial charge in [-0.25, -0.2) is 0 Å². The van der Waals surface area contributed by atoms with E-state index in [9.17, 15) is 45.0 Å². The fourth-order valence-corrected chi connectivity index (χ4v) is 7.26. The first kappa shape index (κ1) is 25.2. The fourth-order valence-electron chi connectivity index (χ4n) is 7.26. The predicted molar refractivity (Wildman–Crippen MR) is 131 cm³/mol. The van der Waals surface area contributed by atoms with Gasteiger partial charge in [0.1, 0.15) is 35.2 Å². The van der Waals surface area contributed by atoms with Gasteiger partial charge in [0.2, 0.25) is 0 Å². The minimum absolute atomic E-state index is 0.141. The molecule has 0 aromatic heterocycles. The molecule has 1 saturated heterocycles. The van der Waals surface area contributed by atoms with Crippen LogP contribution in [0.2, 0.25) is 0 Å². The first-order chi connectivity index (χ1) is 18.9. The maximum atomic E-state index is 14.2. The maximum Gasteiger partial charge on any atom is 0.196 e. The highest BCUT2D eigenvalue weighted by Crippen LogP contribution is 2.64. The number of aromatic hydroxyl groups is 3. The molecule has 7 unspecified atom stereocenters. The molecule has 2 aromatic carbocycles. The molecule has 7 atom stereocenters. The largest absolute Gasteiger partial charge is 0.508 e. The van der Waals surface area contributed by atoms with Crippen LogP contribution < -0.4 is 4.74 Å². The number of carbonyl (C=O) groups is 3. The molecule has 0 radical (unpaired) electrons. The first-order valence-electron chi connectivity index (χ1n) is 12.7. The summed E-state index contributed by atoms with van der Waals surface area (Å²) < 4.78 is 17.2. The Morgan fingerprint density at radius 1 is 0.875 bits per heavy atom. The van der Waals surface area contributed by atoms with E-state index in [1.807, 2.05) is 0 Å². The van der Waals surface area contributed by atoms with Gasteiger partial charge in [0.25, 0.3) is 0 Å². The van der Waals surface area contributed by atoms with Crippen LogP contribution in [0.1, 0.15) is 56.0 Å². The average Bonchev–Trinajstić information content (AvgIpc) is 3.14. The number of phenols is 3. The van der Waals surface area contributed by atoms with Crippen molar-refractivity contribution in [1.82, 2.24) is 0 Å². The zero-order chi connectivity index (χ0) is 28.6. The summed E-state index contributed by atoms with van der Waals surface area (Å²) in [5.74, 6) is -6.04. The molecular weight excluding hydrogens is 528 g/mol. The van der Waals surface area contributed by atoms with Crippen LogP contribution in [0.25, 0.3) is 0 Å². The van der Waals surface area contributed by atoms with Crippen LogP contribution in [0.15, 0.2) is 29.3 Å². The number of ether oxygens (including phenoxy) is 3. The van der Waals surface area contributed by atoms with Crippen LogP contribution in [0, 0.1) is 5.92 Å². The van der Waals surface area contributed by atoms with Crippen molar-refractivity contribution < 1.29 is 59.2 Å². The number of Topliss-reactive ketones (excluding diaryl/α,β-unsaturated/α-hetero) is 3. The molecule has 3 heterocycles. The number of phenolic OH excluding ortho intramolecular Hbond substituents is 3. The smallest absolute Gasteiger partial charge is 0.196 e. The maximum absolute atomic E-state index is 14.2. The van der Waals surface area contributed by atoms with Crippen LogP contribution in [-0.4, -0.2) is 91.2 Å². The summed E-state index contributed by atoms with van der Waals surface area (Å²) in [6.45, 7) is 2.32. The molecule has 208 valence electrons. The molecule has 12 heteroatoms. The highest BCUT2D eigenvalue weighted by Gasteiger charge is 2.75. The number of benzene rings is 2. The van der Waals surface area contributed by atoms with E-state index in [1.54, 1.807) is 0 Å². The third-order valence-electron chi connectivity index (χ3n) is 8.90. The van der Waals surface area contributed by atoms with Crippen molar-refractivity contribution in [3.8, 4) is 23.0 Å². The second-order valence-electron chi connectivity index (χ2n) is 10.9. The van der Waals surface area contributed by atoms with Crippen molar-refractivity contribution in [3.05, 3.63) is 57.2 Å². The Morgan fingerprint density at radius 2 is 1.55 bits per heavy atom. The van der Waals surface area contributed by atoms with Crippen LogP contribution in [-0.2, 0) is 15.1 Å². The van der Waals surface area contributed by atoms with E-state index in [0.717, 1.165) is 18.2 Å². The van der Waals surface area contributed by atoms with Crippen molar-refractivity contribution in [2.24, 2.45) is 5.92 Å². The van der Waals surface area contributed by atoms with Crippen LogP contribution in [0.5, 0.6) is 23.0 Å². The number of hydrogen-bond acceptors (Lipinski definition) is 12. The lowest BCUT2D eigenvalue weighted by molar-refractivity contribution is -0.224. The Hall–Kier alpha value is -3.81. The number of carbonyl (C=O) groups excluding carboxylic acids is 3. The normalized spacial score (nSPS) is 35.7. The third-order valence-corrected chi connectivity index (χ3v) is 8.90. The van der Waals surface area contributed by atoms with E-state index in [2.05, 4.69) is 0 Å². The molecule has 0 bridgehead atoms. The Kier molecular flexibility index (Phi) is 4.83. The fraction of sp³-hybridized carbons (Fsp3) is 0.393. The standard InChI is InChI=1S/C28H24O12/c1-8-17-21(23(33)9(2)39-8)26(36)20-19(25(17)35)14(31)5-15-22(20)27(37)11-3-10(29)4-13(30)18(11)24(34)12-6-38-7-16(32)28(12,27)40-15/h3-5,8-9,12,16,23,29-33,37H,6-7H2,1-2H3. The number of ketones is 3. The highest BCUT2D eigenvalue weighted by molar-refractivity contribution is 6.30. The zero-order valence-corrected chi connectivity index (χ0v) is 21.2. The van der Waals surface area contributed by atoms with Crippen molar-refractivity contribution in [2.75, 3.05) is 13.2 Å². The van der Waals surface area contributed by atoms with E-state index in [-0.39, 0.29) is 46.8 Å². The molecule has 2 aliphatic carbocycles. The summed E-state index contributed by atoms with van der Waals surface area (Å²) in [6.07, 6.45) is -4.97. The lowest BCUT2D eigenvalue weighted by Gasteiger charge is -2.53. The first-order valence-corrected chi connectivity index (χ1v) is 12.7. The highest BCUT2D eigenvalue weighted by atomic mass is 16.6. The van der Waals surface area contributed by atoms with Crippen molar-refractivity contribution >= 4 is 17.3 Å². The van der Waals surface area contributed by atoms with Crippen molar-refractivity contribution in [3.63, 3.8) is 0 Å². The Labute approximate surface area is 225 Å². The van der Waals surface area contributed by atoms with E-state index >= 15 is 0 Å². The Morgan fingerprint density at radius 3 is 2.27 bits per heavy atom. The summed E-state index contributed by atoms with van der Waals surface area (Å²) in [7, 11) is 0. The number of fused-ring (bicyclic) bond motifs is 6. The second-order valence-corrected chi connectivity index (χ2v) is 10.9. The minimum atomic E-state index is -2.62. The molecule has 12 nitrogen and oxygen atoms in total. The SMILES string of the molecule is CC1OC(C)C(O)C2=C1C(=O)c1c(O)cc3c(c1C2=O)C1(O)c2cc(O)cc(O)c2C(=O)C2COCC(O)C21O3. The molecule has 0 saturated carbocycles. The topological polar surface area (TPSA) is 200 Å². The second kappa shape index (κ2) is 7.68. The molecule has 0 amide bonds. The van der Waals surface area contributed by atoms with Gasteiger partial charge in [-0.2, -0.15) is 0 Å². The van der Waals surface area contributed by atoms with E-state index in [4.69, 9.17) is 14.2 Å². The summed E-state index contributed by atoms with van der Waals surface area (Å²) in [5, 5.41) is 67.2. The van der Waals surface area contributed by atoms with Gasteiger partial charge >= 0.3 is 0 Å². The third kappa shape index (κ3) is 2.61. The van der Waals surface area contributed by atoms with Crippen molar-refractivity contribution in [2.45, 2.75) is 49.5 Å². The summed E-state index contributed by atoms with van der Waals surface area (Å²) >= 11 is 0. The summed E-state index contributed by atoms with van der Waals surface area (Å²) in [4.78, 5) is 41.7. The van der Waals surface area contributed by atoms with Gasteiger partial charge in [-0.15, -0.1) is 0 Å². The Bertz CT molecular complexity index is 1620. The lowest BCUT2D eigenvalue weighted by atomic mass is 9.57. The molecule has 5 aliphatic rings. The number of rotatable bonds is 0. The van der Waals surface area contributed by atoms with Crippen LogP contribution >= 0.6 is 0 Å². The predicted octanol–water partition coefficient (Wildman–Crippen LogP) is 0.218. The molecular formula is C28H24O12. The molecule has 40 heavy (non-hydrogen) atoms. The number of hydrogen-bond donors (Lipinski definition) is 6. The van der Waals surface area contributed by atoms with Gasteiger partial charge in [0, 0.05) is 40.0 Å². The van der Waals surface area contributed by atoms with Gasteiger partial charge in [-0.1, -0.05) is 0 Å². The molecule has 2 aromatic rings. The average molecular weight is 552 g/mol. The number of aliphatic hydroxyl groups excluding tert-OH is 2. The van der Waals surface area contributed by atoms with Crippen LogP contribution in [0.3, 0.4) is 0 Å². The molecule has 6 N–H and O–H groups in total. The van der Waals surface area contributed by atoms with E-state index in [1.165, 1.54) is 13.8 Å². The van der Waals surface area contributed by atoms with Gasteiger partial charge < -0.3 is 44.8 Å². The van der Waals surface area contributed by atoms with E-state index < -0.39 is 87.3 Å². The molecule has 1 spiro atoms. The van der Waals surface area contributed by atoms with Gasteiger partial charge in [0.15, 0.2) is 28.6 Å². The van der Waals surface area contributed by atoms with Gasteiger partial charge in [-0.3, -0.25) is 14.4 Å².